The third-order valence-electron chi connectivity index (χ3n) is 7.07. The van der Waals surface area contributed by atoms with E-state index in [-0.39, 0.29) is 5.82 Å². The summed E-state index contributed by atoms with van der Waals surface area (Å²) in [6.07, 6.45) is 3.86. The normalized spacial score (nSPS) is 16.4. The fourth-order valence-corrected chi connectivity index (χ4v) is 5.06. The van der Waals surface area contributed by atoms with Crippen molar-refractivity contribution in [1.29, 1.82) is 0 Å². The third kappa shape index (κ3) is 4.48. The van der Waals surface area contributed by atoms with Crippen LogP contribution in [-0.2, 0) is 6.42 Å². The van der Waals surface area contributed by atoms with Crippen LogP contribution in [0, 0.1) is 5.82 Å². The molecule has 186 valence electrons. The molecule has 0 radical (unpaired) electrons. The number of pyridine rings is 2. The number of benzene rings is 1. The van der Waals surface area contributed by atoms with Gasteiger partial charge in [-0.3, -0.25) is 4.98 Å². The van der Waals surface area contributed by atoms with Crippen molar-refractivity contribution >= 4 is 11.0 Å². The van der Waals surface area contributed by atoms with Gasteiger partial charge < -0.3 is 23.5 Å². The molecule has 0 N–H and O–H groups in total. The van der Waals surface area contributed by atoms with E-state index in [2.05, 4.69) is 20.9 Å². The second-order valence-electron chi connectivity index (χ2n) is 9.23. The first kappa shape index (κ1) is 22.8. The van der Waals surface area contributed by atoms with E-state index in [0.29, 0.717) is 48.0 Å². The van der Waals surface area contributed by atoms with Gasteiger partial charge in [0.2, 0.25) is 5.88 Å². The lowest BCUT2D eigenvalue weighted by molar-refractivity contribution is 0.171. The number of fused-ring (bicyclic) bond motifs is 2. The zero-order chi connectivity index (χ0) is 24.5. The molecule has 1 saturated heterocycles. The number of likely N-dealkylation sites (tertiary alicyclic amines) is 1. The summed E-state index contributed by atoms with van der Waals surface area (Å²) in [4.78, 5) is 11.0. The van der Waals surface area contributed by atoms with Crippen LogP contribution in [0.5, 0.6) is 17.4 Å². The number of ether oxygens (including phenoxy) is 3. The summed E-state index contributed by atoms with van der Waals surface area (Å²) in [6.45, 7) is 3.78. The van der Waals surface area contributed by atoms with Crippen molar-refractivity contribution in [2.75, 3.05) is 40.0 Å². The summed E-state index contributed by atoms with van der Waals surface area (Å²) >= 11 is 0. The van der Waals surface area contributed by atoms with E-state index in [1.54, 1.807) is 13.2 Å². The van der Waals surface area contributed by atoms with Gasteiger partial charge in [0, 0.05) is 29.7 Å². The summed E-state index contributed by atoms with van der Waals surface area (Å²) in [5.41, 5.74) is 2.83. The Hall–Kier alpha value is -3.65. The van der Waals surface area contributed by atoms with Crippen LogP contribution in [0.3, 0.4) is 0 Å². The molecule has 0 aliphatic carbocycles. The zero-order valence-corrected chi connectivity index (χ0v) is 20.2. The molecule has 8 heteroatoms. The van der Waals surface area contributed by atoms with Crippen LogP contribution in [0.4, 0.5) is 4.39 Å². The fourth-order valence-electron chi connectivity index (χ4n) is 5.06. The van der Waals surface area contributed by atoms with Crippen molar-refractivity contribution in [1.82, 2.24) is 14.9 Å². The van der Waals surface area contributed by atoms with Gasteiger partial charge in [-0.2, -0.15) is 0 Å². The molecule has 5 heterocycles. The number of furan rings is 1. The second kappa shape index (κ2) is 9.78. The average Bonchev–Trinajstić information content (AvgIpc) is 3.43. The molecule has 1 fully saturated rings. The maximum atomic E-state index is 14.6. The molecule has 4 aromatic rings. The minimum Gasteiger partial charge on any atom is -0.486 e. The van der Waals surface area contributed by atoms with E-state index in [1.165, 1.54) is 6.20 Å². The van der Waals surface area contributed by atoms with Crippen LogP contribution in [0.25, 0.3) is 22.4 Å². The quantitative estimate of drug-likeness (QED) is 0.367. The molecule has 2 aliphatic heterocycles. The first-order valence-electron chi connectivity index (χ1n) is 12.4. The molecule has 1 aromatic carbocycles. The highest BCUT2D eigenvalue weighted by Gasteiger charge is 2.24. The van der Waals surface area contributed by atoms with Gasteiger partial charge in [-0.15, -0.1) is 0 Å². The number of halogens is 1. The average molecular weight is 490 g/mol. The first-order chi connectivity index (χ1) is 17.7. The number of aromatic nitrogens is 2. The minimum absolute atomic E-state index is 0.319. The summed E-state index contributed by atoms with van der Waals surface area (Å²) in [5.74, 6) is 3.91. The van der Waals surface area contributed by atoms with E-state index in [0.717, 1.165) is 61.1 Å². The summed E-state index contributed by atoms with van der Waals surface area (Å²) in [6, 6.07) is 13.6. The van der Waals surface area contributed by atoms with Crippen LogP contribution >= 0.6 is 0 Å². The van der Waals surface area contributed by atoms with Crippen molar-refractivity contribution in [3.63, 3.8) is 0 Å². The lowest BCUT2D eigenvalue weighted by Crippen LogP contribution is -2.34. The highest BCUT2D eigenvalue weighted by atomic mass is 19.1. The van der Waals surface area contributed by atoms with Crippen LogP contribution in [0.15, 0.2) is 53.1 Å². The standard InChI is InChI=1S/C28H28FN3O4/c1-33-27-7-3-22-28(31-27)20(21(29)17-30-22)10-13-32-11-8-18(9-12-32)23-5-6-24(36-23)19-2-4-25-26(16-19)35-15-14-34-25/h2-7,16-18H,8-15H2,1H3. The molecule has 0 atom stereocenters. The molecule has 0 bridgehead atoms. The molecule has 36 heavy (non-hydrogen) atoms. The van der Waals surface area contributed by atoms with Crippen LogP contribution in [-0.4, -0.2) is 54.8 Å². The van der Waals surface area contributed by atoms with Gasteiger partial charge in [0.1, 0.15) is 30.6 Å². The highest BCUT2D eigenvalue weighted by molar-refractivity contribution is 5.78. The lowest BCUT2D eigenvalue weighted by Gasteiger charge is -2.31. The van der Waals surface area contributed by atoms with Crippen molar-refractivity contribution in [3.8, 4) is 28.7 Å². The number of nitrogens with zero attached hydrogens (tertiary/aromatic N) is 3. The van der Waals surface area contributed by atoms with E-state index >= 15 is 0 Å². The Kier molecular flexibility index (Phi) is 6.19. The Bertz CT molecular complexity index is 1380. The maximum Gasteiger partial charge on any atom is 0.213 e. The van der Waals surface area contributed by atoms with Crippen LogP contribution in [0.2, 0.25) is 0 Å². The highest BCUT2D eigenvalue weighted by Crippen LogP contribution is 2.37. The van der Waals surface area contributed by atoms with E-state index < -0.39 is 0 Å². The maximum absolute atomic E-state index is 14.6. The Morgan fingerprint density at radius 3 is 2.69 bits per heavy atom. The van der Waals surface area contributed by atoms with E-state index in [1.807, 2.05) is 30.3 Å². The number of hydrogen-bond donors (Lipinski definition) is 0. The van der Waals surface area contributed by atoms with Crippen molar-refractivity contribution in [3.05, 3.63) is 65.8 Å². The van der Waals surface area contributed by atoms with Gasteiger partial charge in [-0.05, 0) is 68.8 Å². The van der Waals surface area contributed by atoms with Gasteiger partial charge in [-0.1, -0.05) is 0 Å². The Labute approximate surface area is 208 Å². The van der Waals surface area contributed by atoms with Gasteiger partial charge in [0.05, 0.1) is 24.3 Å². The molecule has 2 aliphatic rings. The summed E-state index contributed by atoms with van der Waals surface area (Å²) in [5, 5.41) is 0. The molecule has 0 unspecified atom stereocenters. The van der Waals surface area contributed by atoms with E-state index in [4.69, 9.17) is 18.6 Å². The molecule has 0 amide bonds. The molecule has 0 saturated carbocycles. The van der Waals surface area contributed by atoms with Crippen molar-refractivity contribution in [2.24, 2.45) is 0 Å². The Morgan fingerprint density at radius 2 is 1.86 bits per heavy atom. The Morgan fingerprint density at radius 1 is 1.03 bits per heavy atom. The molecular weight excluding hydrogens is 461 g/mol. The smallest absolute Gasteiger partial charge is 0.213 e. The van der Waals surface area contributed by atoms with E-state index in [9.17, 15) is 4.39 Å². The third-order valence-corrected chi connectivity index (χ3v) is 7.07. The molecule has 0 spiro atoms. The van der Waals surface area contributed by atoms with Gasteiger partial charge in [-0.25, -0.2) is 9.37 Å². The summed E-state index contributed by atoms with van der Waals surface area (Å²) in [7, 11) is 1.56. The van der Waals surface area contributed by atoms with Gasteiger partial charge in [0.25, 0.3) is 0 Å². The summed E-state index contributed by atoms with van der Waals surface area (Å²) < 4.78 is 37.5. The fraction of sp³-hybridized carbons (Fsp3) is 0.357. The topological polar surface area (TPSA) is 69.9 Å². The molecular formula is C28H28FN3O4. The van der Waals surface area contributed by atoms with Crippen LogP contribution < -0.4 is 14.2 Å². The number of piperidine rings is 1. The molecule has 7 nitrogen and oxygen atoms in total. The predicted octanol–water partition coefficient (Wildman–Crippen LogP) is 5.23. The minimum atomic E-state index is -0.319. The predicted molar refractivity (Wildman–Crippen MR) is 133 cm³/mol. The monoisotopic (exact) mass is 489 g/mol. The largest absolute Gasteiger partial charge is 0.486 e. The SMILES string of the molecule is COc1ccc2ncc(F)c(CCN3CCC(c4ccc(-c5ccc6c(c5)OCCO6)o4)CC3)c2n1. The van der Waals surface area contributed by atoms with Crippen molar-refractivity contribution < 1.29 is 23.0 Å². The molecule has 6 rings (SSSR count). The van der Waals surface area contributed by atoms with Gasteiger partial charge >= 0.3 is 0 Å². The zero-order valence-electron chi connectivity index (χ0n) is 20.2. The second-order valence-corrected chi connectivity index (χ2v) is 9.23. The molecule has 3 aromatic heterocycles. The first-order valence-corrected chi connectivity index (χ1v) is 12.4. The number of methoxy groups -OCH3 is 1. The Balaban J connectivity index is 1.09. The van der Waals surface area contributed by atoms with Gasteiger partial charge in [0.15, 0.2) is 11.5 Å². The number of hydrogen-bond acceptors (Lipinski definition) is 7. The van der Waals surface area contributed by atoms with Crippen molar-refractivity contribution in [2.45, 2.75) is 25.2 Å². The number of rotatable bonds is 6. The van der Waals surface area contributed by atoms with Crippen LogP contribution in [0.1, 0.15) is 30.1 Å². The lowest BCUT2D eigenvalue weighted by atomic mass is 9.94.